The summed E-state index contributed by atoms with van der Waals surface area (Å²) in [5.74, 6) is -1.05. The van der Waals surface area contributed by atoms with Crippen molar-refractivity contribution in [1.29, 1.82) is 0 Å². The molecule has 5 rings (SSSR count). The summed E-state index contributed by atoms with van der Waals surface area (Å²) in [4.78, 5) is 18.8. The first-order valence-corrected chi connectivity index (χ1v) is 13.2. The molecule has 1 saturated heterocycles. The van der Waals surface area contributed by atoms with Crippen LogP contribution in [0.3, 0.4) is 0 Å². The van der Waals surface area contributed by atoms with Crippen LogP contribution in [0.4, 0.5) is 0 Å². The molecule has 0 amide bonds. The Morgan fingerprint density at radius 1 is 1.00 bits per heavy atom. The second-order valence-corrected chi connectivity index (χ2v) is 10.9. The van der Waals surface area contributed by atoms with Gasteiger partial charge in [0, 0.05) is 41.8 Å². The average Bonchev–Trinajstić information content (AvgIpc) is 3.04. The summed E-state index contributed by atoms with van der Waals surface area (Å²) in [6, 6.07) is 18.5. The standard InChI is InChI=1S/C31H33ClN2O2.Na/c1-31(2,30(35)36)25-9-5-21(6-10-25)13-17-34-18-14-22(15-19-34)28-27-12-11-26(32)20-24(27)8-7-23-4-3-16-33-29(23)28;/h3-6,9-12,16,20H,7-8,13-15,17-19H2,1-2H3,(H,35,36);/q;+1/p-1. The number of hydrogen-bond donors (Lipinski definition) is 0. The van der Waals surface area contributed by atoms with Crippen molar-refractivity contribution in [2.24, 2.45) is 0 Å². The van der Waals surface area contributed by atoms with Crippen LogP contribution in [0.25, 0.3) is 5.57 Å². The third-order valence-corrected chi connectivity index (χ3v) is 8.08. The monoisotopic (exact) mass is 522 g/mol. The molecular formula is C31H32ClN2NaO2. The minimum absolute atomic E-state index is 0. The average molecular weight is 523 g/mol. The number of aliphatic carboxylic acids is 1. The van der Waals surface area contributed by atoms with Gasteiger partial charge in [-0.05, 0) is 78.1 Å². The Morgan fingerprint density at radius 3 is 2.41 bits per heavy atom. The first-order valence-electron chi connectivity index (χ1n) is 12.8. The minimum Gasteiger partial charge on any atom is -0.549 e. The van der Waals surface area contributed by atoms with Gasteiger partial charge in [-0.2, -0.15) is 0 Å². The van der Waals surface area contributed by atoms with Crippen LogP contribution in [0.1, 0.15) is 60.2 Å². The van der Waals surface area contributed by atoms with Crippen LogP contribution < -0.4 is 34.7 Å². The largest absolute Gasteiger partial charge is 1.00 e. The van der Waals surface area contributed by atoms with Crippen molar-refractivity contribution < 1.29 is 39.5 Å². The number of rotatable bonds is 5. The summed E-state index contributed by atoms with van der Waals surface area (Å²) < 4.78 is 0. The van der Waals surface area contributed by atoms with Gasteiger partial charge >= 0.3 is 29.6 Å². The van der Waals surface area contributed by atoms with Crippen molar-refractivity contribution >= 4 is 23.1 Å². The number of benzene rings is 2. The first-order chi connectivity index (χ1) is 17.3. The molecule has 0 N–H and O–H groups in total. The van der Waals surface area contributed by atoms with Gasteiger partial charge in [-0.25, -0.2) is 0 Å². The van der Waals surface area contributed by atoms with E-state index in [1.165, 1.54) is 33.4 Å². The number of carboxylic acid groups (broad SMARTS) is 1. The molecule has 1 fully saturated rings. The Kier molecular flexibility index (Phi) is 8.98. The zero-order valence-corrected chi connectivity index (χ0v) is 24.8. The molecule has 1 aliphatic heterocycles. The van der Waals surface area contributed by atoms with Gasteiger partial charge in [0.05, 0.1) is 11.7 Å². The second kappa shape index (κ2) is 11.8. The molecule has 0 saturated carbocycles. The van der Waals surface area contributed by atoms with Crippen LogP contribution in [0.5, 0.6) is 0 Å². The zero-order valence-electron chi connectivity index (χ0n) is 22.0. The number of likely N-dealkylation sites (tertiary alicyclic amines) is 1. The summed E-state index contributed by atoms with van der Waals surface area (Å²) in [7, 11) is 0. The molecule has 2 heterocycles. The molecule has 186 valence electrons. The Labute approximate surface area is 247 Å². The predicted octanol–water partition coefficient (Wildman–Crippen LogP) is 2.01. The fraction of sp³-hybridized carbons (Fsp3) is 0.355. The number of carbonyl (C=O) groups is 1. The summed E-state index contributed by atoms with van der Waals surface area (Å²) in [6.45, 7) is 6.42. The first kappa shape index (κ1) is 28.1. The number of nitrogens with zero attached hydrogens (tertiary/aromatic N) is 2. The molecule has 0 unspecified atom stereocenters. The van der Waals surface area contributed by atoms with Crippen LogP contribution in [0, 0.1) is 0 Å². The van der Waals surface area contributed by atoms with Crippen molar-refractivity contribution in [2.75, 3.05) is 19.6 Å². The number of aryl methyl sites for hydroxylation is 2. The van der Waals surface area contributed by atoms with E-state index in [1.54, 1.807) is 13.8 Å². The number of fused-ring (bicyclic) bond motifs is 2. The van der Waals surface area contributed by atoms with Gasteiger partial charge in [0.1, 0.15) is 0 Å². The molecule has 2 aliphatic rings. The van der Waals surface area contributed by atoms with Gasteiger partial charge in [0.15, 0.2) is 0 Å². The third kappa shape index (κ3) is 6.05. The summed E-state index contributed by atoms with van der Waals surface area (Å²) in [6.07, 6.45) is 6.89. The van der Waals surface area contributed by atoms with E-state index >= 15 is 0 Å². The SMILES string of the molecule is CC(C)(C(=O)[O-])c1ccc(CCN2CCC(=C3c4ccc(Cl)cc4CCc4cccnc43)CC2)cc1.[Na+]. The molecule has 2 aromatic carbocycles. The number of carboxylic acids is 1. The molecule has 0 bridgehead atoms. The van der Waals surface area contributed by atoms with E-state index in [0.717, 1.165) is 68.0 Å². The van der Waals surface area contributed by atoms with Crippen LogP contribution in [0.2, 0.25) is 5.02 Å². The van der Waals surface area contributed by atoms with Gasteiger partial charge in [0.25, 0.3) is 0 Å². The molecular weight excluding hydrogens is 491 g/mol. The third-order valence-electron chi connectivity index (χ3n) is 7.84. The summed E-state index contributed by atoms with van der Waals surface area (Å²) in [5, 5.41) is 12.2. The number of halogens is 1. The van der Waals surface area contributed by atoms with E-state index < -0.39 is 11.4 Å². The van der Waals surface area contributed by atoms with E-state index in [4.69, 9.17) is 16.6 Å². The van der Waals surface area contributed by atoms with Gasteiger partial charge in [-0.1, -0.05) is 67.4 Å². The Bertz CT molecular complexity index is 1310. The molecule has 3 aromatic rings. The van der Waals surface area contributed by atoms with Crippen molar-refractivity contribution in [1.82, 2.24) is 9.88 Å². The number of piperidine rings is 1. The molecule has 4 nitrogen and oxygen atoms in total. The Morgan fingerprint density at radius 2 is 1.70 bits per heavy atom. The number of aromatic nitrogens is 1. The van der Waals surface area contributed by atoms with Gasteiger partial charge in [-0.15, -0.1) is 0 Å². The molecule has 37 heavy (non-hydrogen) atoms. The quantitative estimate of drug-likeness (QED) is 0.481. The van der Waals surface area contributed by atoms with Crippen LogP contribution in [-0.2, 0) is 29.5 Å². The maximum absolute atomic E-state index is 11.4. The van der Waals surface area contributed by atoms with Crippen LogP contribution in [0.15, 0.2) is 66.4 Å². The van der Waals surface area contributed by atoms with Crippen molar-refractivity contribution in [3.05, 3.63) is 105 Å². The van der Waals surface area contributed by atoms with E-state index in [0.29, 0.717) is 0 Å². The number of pyridine rings is 1. The molecule has 0 radical (unpaired) electrons. The fourth-order valence-electron chi connectivity index (χ4n) is 5.42. The number of carbonyl (C=O) groups excluding carboxylic acids is 1. The molecule has 0 atom stereocenters. The topological polar surface area (TPSA) is 56.3 Å². The minimum atomic E-state index is -1.05. The maximum atomic E-state index is 11.4. The van der Waals surface area contributed by atoms with Crippen LogP contribution in [-0.4, -0.2) is 35.5 Å². The predicted molar refractivity (Wildman–Crippen MR) is 143 cm³/mol. The molecule has 1 aliphatic carbocycles. The van der Waals surface area contributed by atoms with Crippen LogP contribution >= 0.6 is 11.6 Å². The second-order valence-electron chi connectivity index (χ2n) is 10.5. The maximum Gasteiger partial charge on any atom is 1.00 e. The van der Waals surface area contributed by atoms with Gasteiger partial charge in [-0.3, -0.25) is 4.98 Å². The van der Waals surface area contributed by atoms with E-state index in [1.807, 2.05) is 42.6 Å². The van der Waals surface area contributed by atoms with E-state index in [9.17, 15) is 9.90 Å². The summed E-state index contributed by atoms with van der Waals surface area (Å²) in [5.41, 5.74) is 8.90. The van der Waals surface area contributed by atoms with Crippen molar-refractivity contribution in [2.45, 2.75) is 51.4 Å². The Hall–Kier alpha value is -1.95. The molecule has 6 heteroatoms. The molecule has 1 aromatic heterocycles. The van der Waals surface area contributed by atoms with E-state index in [-0.39, 0.29) is 29.6 Å². The fourth-order valence-corrected chi connectivity index (χ4v) is 5.62. The van der Waals surface area contributed by atoms with Gasteiger partial charge in [0.2, 0.25) is 0 Å². The van der Waals surface area contributed by atoms with E-state index in [2.05, 4.69) is 23.1 Å². The summed E-state index contributed by atoms with van der Waals surface area (Å²) >= 11 is 6.36. The Balaban J connectivity index is 0.00000320. The van der Waals surface area contributed by atoms with Crippen molar-refractivity contribution in [3.8, 4) is 0 Å². The van der Waals surface area contributed by atoms with Gasteiger partial charge < -0.3 is 14.8 Å². The number of hydrogen-bond acceptors (Lipinski definition) is 4. The smallest absolute Gasteiger partial charge is 0.549 e. The molecule has 0 spiro atoms. The van der Waals surface area contributed by atoms with Crippen molar-refractivity contribution in [3.63, 3.8) is 0 Å². The normalized spacial score (nSPS) is 15.9. The zero-order chi connectivity index (χ0) is 25.3.